The lowest BCUT2D eigenvalue weighted by molar-refractivity contribution is 0.188. The maximum Gasteiger partial charge on any atom is 0.332 e. The molecule has 0 unspecified atom stereocenters. The Labute approximate surface area is 178 Å². The van der Waals surface area contributed by atoms with Gasteiger partial charge >= 0.3 is 5.69 Å². The lowest BCUT2D eigenvalue weighted by atomic mass is 10.1. The normalized spacial score (nSPS) is 12.2. The predicted molar refractivity (Wildman–Crippen MR) is 115 cm³/mol. The highest BCUT2D eigenvalue weighted by Gasteiger charge is 2.22. The van der Waals surface area contributed by atoms with E-state index in [0.717, 1.165) is 10.1 Å². The van der Waals surface area contributed by atoms with Crippen LogP contribution in [0.25, 0.3) is 11.2 Å². The van der Waals surface area contributed by atoms with Gasteiger partial charge in [0.25, 0.3) is 5.56 Å². The number of aryl methyl sites for hydroxylation is 1. The summed E-state index contributed by atoms with van der Waals surface area (Å²) in [6.45, 7) is 0.402. The van der Waals surface area contributed by atoms with E-state index in [1.807, 2.05) is 0 Å². The summed E-state index contributed by atoms with van der Waals surface area (Å²) in [5.74, 6) is 1.41. The van der Waals surface area contributed by atoms with Crippen molar-refractivity contribution in [3.63, 3.8) is 0 Å². The molecule has 0 bridgehead atoms. The monoisotopic (exact) mass is 433 g/mol. The lowest BCUT2D eigenvalue weighted by Gasteiger charge is -2.20. The van der Waals surface area contributed by atoms with Crippen molar-refractivity contribution in [3.05, 3.63) is 44.6 Å². The number of methoxy groups -OCH3 is 3. The molecule has 2 heterocycles. The Morgan fingerprint density at radius 1 is 1.10 bits per heavy atom. The third-order valence-corrected chi connectivity index (χ3v) is 5.16. The third kappa shape index (κ3) is 4.01. The Kier molecular flexibility index (Phi) is 6.66. The third-order valence-electron chi connectivity index (χ3n) is 5.16. The number of aromatic nitrogens is 4. The van der Waals surface area contributed by atoms with Crippen molar-refractivity contribution < 1.29 is 19.3 Å². The maximum absolute atomic E-state index is 12.8. The second-order valence-corrected chi connectivity index (χ2v) is 6.95. The molecule has 3 aromatic rings. The first kappa shape index (κ1) is 22.4. The van der Waals surface area contributed by atoms with E-state index in [2.05, 4.69) is 10.3 Å². The van der Waals surface area contributed by atoms with Crippen LogP contribution >= 0.6 is 0 Å². The van der Waals surface area contributed by atoms with E-state index in [1.54, 1.807) is 44.0 Å². The van der Waals surface area contributed by atoms with Gasteiger partial charge in [0, 0.05) is 27.7 Å². The highest BCUT2D eigenvalue weighted by atomic mass is 16.5. The summed E-state index contributed by atoms with van der Waals surface area (Å²) in [6, 6.07) is 4.74. The van der Waals surface area contributed by atoms with E-state index in [0.29, 0.717) is 30.6 Å². The topological polar surface area (TPSA) is 122 Å². The fourth-order valence-electron chi connectivity index (χ4n) is 3.42. The molecule has 0 fully saturated rings. The molecule has 168 valence electrons. The molecule has 0 aliphatic carbocycles. The summed E-state index contributed by atoms with van der Waals surface area (Å²) in [6.07, 6.45) is 0. The van der Waals surface area contributed by atoms with Crippen LogP contribution in [-0.2, 0) is 25.4 Å². The zero-order chi connectivity index (χ0) is 22.7. The quantitative estimate of drug-likeness (QED) is 0.492. The number of hydrogen-bond donors (Lipinski definition) is 2. The van der Waals surface area contributed by atoms with E-state index in [-0.39, 0.29) is 17.8 Å². The van der Waals surface area contributed by atoms with Crippen LogP contribution in [0.15, 0.2) is 27.8 Å². The number of anilines is 1. The Hall–Kier alpha value is -3.31. The van der Waals surface area contributed by atoms with Gasteiger partial charge in [0.15, 0.2) is 22.7 Å². The molecule has 1 aromatic carbocycles. The number of rotatable bonds is 9. The number of nitrogens with one attached hydrogen (secondary N) is 1. The van der Waals surface area contributed by atoms with E-state index < -0.39 is 17.3 Å². The first-order chi connectivity index (χ1) is 14.9. The minimum atomic E-state index is -0.557. The second kappa shape index (κ2) is 9.23. The minimum absolute atomic E-state index is 0.246. The molecule has 0 radical (unpaired) electrons. The molecule has 0 spiro atoms. The van der Waals surface area contributed by atoms with Crippen LogP contribution in [-0.4, -0.2) is 58.3 Å². The van der Waals surface area contributed by atoms with Crippen LogP contribution in [0.5, 0.6) is 11.5 Å². The average molecular weight is 433 g/mol. The zero-order valence-corrected chi connectivity index (χ0v) is 18.2. The number of aliphatic hydroxyl groups is 1. The van der Waals surface area contributed by atoms with Crippen LogP contribution < -0.4 is 26.0 Å². The predicted octanol–water partition coefficient (Wildman–Crippen LogP) is 0.243. The van der Waals surface area contributed by atoms with Crippen molar-refractivity contribution in [2.24, 2.45) is 14.1 Å². The maximum atomic E-state index is 12.8. The molecular weight excluding hydrogens is 406 g/mol. The van der Waals surface area contributed by atoms with Gasteiger partial charge in [-0.25, -0.2) is 4.79 Å². The van der Waals surface area contributed by atoms with Crippen molar-refractivity contribution in [1.82, 2.24) is 18.7 Å². The van der Waals surface area contributed by atoms with Crippen molar-refractivity contribution >= 4 is 17.1 Å². The van der Waals surface area contributed by atoms with Gasteiger partial charge in [0.1, 0.15) is 0 Å². The number of aliphatic hydroxyl groups excluding tert-OH is 1. The number of benzene rings is 1. The van der Waals surface area contributed by atoms with Gasteiger partial charge < -0.3 is 29.2 Å². The molecule has 0 aliphatic heterocycles. The van der Waals surface area contributed by atoms with Gasteiger partial charge in [0.05, 0.1) is 33.5 Å². The number of ether oxygens (including phenoxy) is 3. The molecule has 3 rings (SSSR count). The number of nitrogens with zero attached hydrogens (tertiary/aromatic N) is 4. The Balaban J connectivity index is 2.13. The standard InChI is InChI=1S/C20H27N5O6/c1-23-17-16(18(27)24(2)20(23)28)25(8-9-29-3)19(22-17)21-13(11-26)12-6-7-14(30-4)15(10-12)31-5/h6-7,10,13,26H,8-9,11H2,1-5H3,(H,21,22)/t13-/m1/s1. The van der Waals surface area contributed by atoms with Crippen LogP contribution in [0.1, 0.15) is 11.6 Å². The highest BCUT2D eigenvalue weighted by Crippen LogP contribution is 2.31. The van der Waals surface area contributed by atoms with E-state index in [4.69, 9.17) is 14.2 Å². The van der Waals surface area contributed by atoms with E-state index >= 15 is 0 Å². The van der Waals surface area contributed by atoms with Crippen LogP contribution in [0.3, 0.4) is 0 Å². The molecule has 0 saturated heterocycles. The fraction of sp³-hybridized carbons (Fsp3) is 0.450. The summed E-state index contributed by atoms with van der Waals surface area (Å²) in [5, 5.41) is 13.2. The van der Waals surface area contributed by atoms with Gasteiger partial charge in [-0.1, -0.05) is 6.07 Å². The van der Waals surface area contributed by atoms with Crippen molar-refractivity contribution in [2.45, 2.75) is 12.6 Å². The highest BCUT2D eigenvalue weighted by molar-refractivity contribution is 5.74. The first-order valence-corrected chi connectivity index (χ1v) is 9.62. The molecule has 0 aliphatic rings. The van der Waals surface area contributed by atoms with Gasteiger partial charge in [-0.2, -0.15) is 4.98 Å². The van der Waals surface area contributed by atoms with Crippen LogP contribution in [0, 0.1) is 0 Å². The molecule has 1 atom stereocenters. The average Bonchev–Trinajstić information content (AvgIpc) is 3.15. The minimum Gasteiger partial charge on any atom is -0.493 e. The van der Waals surface area contributed by atoms with Gasteiger partial charge in [0.2, 0.25) is 5.95 Å². The van der Waals surface area contributed by atoms with Crippen molar-refractivity contribution in [1.29, 1.82) is 0 Å². The molecule has 2 N–H and O–H groups in total. The Morgan fingerprint density at radius 2 is 1.81 bits per heavy atom. The summed E-state index contributed by atoms with van der Waals surface area (Å²) < 4.78 is 19.8. The SMILES string of the molecule is COCCn1c(N[C@H](CO)c2ccc(OC)c(OC)c2)nc2c1c(=O)n(C)c(=O)n2C. The summed E-state index contributed by atoms with van der Waals surface area (Å²) in [7, 11) is 7.61. The van der Waals surface area contributed by atoms with Crippen LogP contribution in [0.4, 0.5) is 5.95 Å². The van der Waals surface area contributed by atoms with Crippen LogP contribution in [0.2, 0.25) is 0 Å². The lowest BCUT2D eigenvalue weighted by Crippen LogP contribution is -2.37. The van der Waals surface area contributed by atoms with E-state index in [9.17, 15) is 14.7 Å². The van der Waals surface area contributed by atoms with Gasteiger partial charge in [-0.05, 0) is 17.7 Å². The fourth-order valence-corrected chi connectivity index (χ4v) is 3.42. The second-order valence-electron chi connectivity index (χ2n) is 6.95. The molecule has 11 heteroatoms. The molecule has 0 amide bonds. The van der Waals surface area contributed by atoms with Crippen molar-refractivity contribution in [2.75, 3.05) is 39.9 Å². The Bertz CT molecular complexity index is 1200. The number of fused-ring (bicyclic) bond motifs is 1. The molecule has 11 nitrogen and oxygen atoms in total. The largest absolute Gasteiger partial charge is 0.493 e. The van der Waals surface area contributed by atoms with Gasteiger partial charge in [-0.3, -0.25) is 13.9 Å². The van der Waals surface area contributed by atoms with E-state index in [1.165, 1.54) is 18.7 Å². The summed E-state index contributed by atoms with van der Waals surface area (Å²) in [4.78, 5) is 29.6. The number of imidazole rings is 1. The number of hydrogen-bond acceptors (Lipinski definition) is 8. The van der Waals surface area contributed by atoms with Gasteiger partial charge in [-0.15, -0.1) is 0 Å². The smallest absolute Gasteiger partial charge is 0.332 e. The molecule has 2 aromatic heterocycles. The van der Waals surface area contributed by atoms with Crippen molar-refractivity contribution in [3.8, 4) is 11.5 Å². The summed E-state index contributed by atoms with van der Waals surface area (Å²) >= 11 is 0. The molecule has 0 saturated carbocycles. The molecular formula is C20H27N5O6. The first-order valence-electron chi connectivity index (χ1n) is 9.62. The molecule has 31 heavy (non-hydrogen) atoms. The zero-order valence-electron chi connectivity index (χ0n) is 18.2. The summed E-state index contributed by atoms with van der Waals surface area (Å²) in [5.41, 5.74) is 0.316. The Morgan fingerprint density at radius 3 is 2.42 bits per heavy atom.